The second-order valence-electron chi connectivity index (χ2n) is 3.21. The Morgan fingerprint density at radius 1 is 1.12 bits per heavy atom. The van der Waals surface area contributed by atoms with E-state index in [1.165, 1.54) is 0 Å². The summed E-state index contributed by atoms with van der Waals surface area (Å²) in [6.07, 6.45) is 1.69. The van der Waals surface area contributed by atoms with E-state index in [-0.39, 0.29) is 0 Å². The number of rotatable bonds is 2. The average molecular weight is 441 g/mol. The summed E-state index contributed by atoms with van der Waals surface area (Å²) in [5, 5.41) is 3.74. The summed E-state index contributed by atoms with van der Waals surface area (Å²) in [6, 6.07) is 7.62. The number of hydrogen-bond donors (Lipinski definition) is 1. The highest BCUT2D eigenvalue weighted by molar-refractivity contribution is 9.11. The first-order valence-electron chi connectivity index (χ1n) is 4.60. The van der Waals surface area contributed by atoms with Crippen LogP contribution in [0.15, 0.2) is 43.9 Å². The molecule has 0 aliphatic carbocycles. The Morgan fingerprint density at radius 3 is 2.35 bits per heavy atom. The van der Waals surface area contributed by atoms with Crippen molar-refractivity contribution < 1.29 is 0 Å². The van der Waals surface area contributed by atoms with Gasteiger partial charge in [-0.25, -0.2) is 4.98 Å². The van der Waals surface area contributed by atoms with Gasteiger partial charge in [-0.3, -0.25) is 0 Å². The predicted octanol–water partition coefficient (Wildman–Crippen LogP) is 5.77. The third kappa shape index (κ3) is 3.22. The lowest BCUT2D eigenvalue weighted by Gasteiger charge is -2.11. The first kappa shape index (κ1) is 13.3. The van der Waals surface area contributed by atoms with Crippen LogP contribution in [0.4, 0.5) is 11.5 Å². The fourth-order valence-corrected chi connectivity index (χ4v) is 3.12. The fourth-order valence-electron chi connectivity index (χ4n) is 1.24. The largest absolute Gasteiger partial charge is 0.337 e. The van der Waals surface area contributed by atoms with Crippen LogP contribution in [0.2, 0.25) is 5.02 Å². The molecule has 0 bridgehead atoms. The van der Waals surface area contributed by atoms with E-state index in [0.717, 1.165) is 19.1 Å². The molecule has 0 radical (unpaired) electrons. The molecular weight excluding hydrogens is 435 g/mol. The third-order valence-corrected chi connectivity index (χ3v) is 4.06. The number of benzene rings is 1. The molecule has 0 saturated heterocycles. The van der Waals surface area contributed by atoms with Crippen LogP contribution in [0.25, 0.3) is 0 Å². The molecule has 6 heteroatoms. The van der Waals surface area contributed by atoms with Gasteiger partial charge in [0.1, 0.15) is 5.82 Å². The highest BCUT2D eigenvalue weighted by atomic mass is 79.9. The van der Waals surface area contributed by atoms with Crippen LogP contribution >= 0.6 is 59.4 Å². The molecule has 0 fully saturated rings. The van der Waals surface area contributed by atoms with E-state index in [4.69, 9.17) is 11.6 Å². The number of pyridine rings is 1. The van der Waals surface area contributed by atoms with E-state index in [1.54, 1.807) is 12.3 Å². The monoisotopic (exact) mass is 438 g/mol. The van der Waals surface area contributed by atoms with Crippen molar-refractivity contribution in [1.82, 2.24) is 4.98 Å². The van der Waals surface area contributed by atoms with E-state index in [2.05, 4.69) is 58.1 Å². The molecule has 2 rings (SSSR count). The van der Waals surface area contributed by atoms with Gasteiger partial charge in [0, 0.05) is 19.6 Å². The average Bonchev–Trinajstić information content (AvgIpc) is 2.26. The van der Waals surface area contributed by atoms with E-state index in [9.17, 15) is 0 Å². The lowest BCUT2D eigenvalue weighted by atomic mass is 10.3. The number of nitrogens with one attached hydrogen (secondary N) is 1. The van der Waals surface area contributed by atoms with Crippen molar-refractivity contribution in [1.29, 1.82) is 0 Å². The van der Waals surface area contributed by atoms with Gasteiger partial charge < -0.3 is 5.32 Å². The Kier molecular flexibility index (Phi) is 4.47. The molecular formula is C11H6Br3ClN2. The third-order valence-electron chi connectivity index (χ3n) is 2.01. The van der Waals surface area contributed by atoms with Gasteiger partial charge in [-0.05, 0) is 66.0 Å². The standard InChI is InChI=1S/C11H6Br3ClN2/c12-6-4-9(15)11(16-5-6)17-10-7(13)2-1-3-8(10)14/h1-5H,(H,16,17). The molecule has 0 spiro atoms. The molecule has 1 heterocycles. The second kappa shape index (κ2) is 5.69. The predicted molar refractivity (Wildman–Crippen MR) is 82.1 cm³/mol. The van der Waals surface area contributed by atoms with Gasteiger partial charge in [0.15, 0.2) is 0 Å². The molecule has 0 amide bonds. The Hall–Kier alpha value is -0.100. The summed E-state index contributed by atoms with van der Waals surface area (Å²) in [4.78, 5) is 4.22. The zero-order valence-electron chi connectivity index (χ0n) is 8.35. The highest BCUT2D eigenvalue weighted by Crippen LogP contribution is 2.34. The molecule has 17 heavy (non-hydrogen) atoms. The maximum atomic E-state index is 6.10. The Balaban J connectivity index is 2.38. The topological polar surface area (TPSA) is 24.9 Å². The number of aromatic nitrogens is 1. The molecule has 1 N–H and O–H groups in total. The molecule has 0 saturated carbocycles. The Morgan fingerprint density at radius 2 is 1.76 bits per heavy atom. The molecule has 1 aromatic carbocycles. The van der Waals surface area contributed by atoms with Crippen LogP contribution in [0.5, 0.6) is 0 Å². The van der Waals surface area contributed by atoms with Crippen LogP contribution < -0.4 is 5.32 Å². The van der Waals surface area contributed by atoms with E-state index >= 15 is 0 Å². The van der Waals surface area contributed by atoms with Gasteiger partial charge >= 0.3 is 0 Å². The molecule has 2 aromatic rings. The summed E-state index contributed by atoms with van der Waals surface area (Å²) in [5.41, 5.74) is 0.893. The van der Waals surface area contributed by atoms with E-state index < -0.39 is 0 Å². The van der Waals surface area contributed by atoms with Gasteiger partial charge in [0.2, 0.25) is 0 Å². The van der Waals surface area contributed by atoms with Gasteiger partial charge in [-0.1, -0.05) is 17.7 Å². The molecule has 88 valence electrons. The van der Waals surface area contributed by atoms with Crippen molar-refractivity contribution in [2.45, 2.75) is 0 Å². The Labute approximate surface area is 129 Å². The summed E-state index contributed by atoms with van der Waals surface area (Å²) in [7, 11) is 0. The van der Waals surface area contributed by atoms with E-state index in [0.29, 0.717) is 10.8 Å². The zero-order valence-corrected chi connectivity index (χ0v) is 13.9. The van der Waals surface area contributed by atoms with Gasteiger partial charge in [0.25, 0.3) is 0 Å². The lowest BCUT2D eigenvalue weighted by Crippen LogP contribution is -1.96. The molecule has 2 nitrogen and oxygen atoms in total. The summed E-state index contributed by atoms with van der Waals surface area (Å²) in [5.74, 6) is 0.613. The van der Waals surface area contributed by atoms with E-state index in [1.807, 2.05) is 18.2 Å². The minimum absolute atomic E-state index is 0.557. The van der Waals surface area contributed by atoms with Crippen molar-refractivity contribution in [3.8, 4) is 0 Å². The summed E-state index contributed by atoms with van der Waals surface area (Å²) in [6.45, 7) is 0. The molecule has 0 aliphatic heterocycles. The van der Waals surface area contributed by atoms with Gasteiger partial charge in [-0.2, -0.15) is 0 Å². The zero-order chi connectivity index (χ0) is 12.4. The highest BCUT2D eigenvalue weighted by Gasteiger charge is 2.08. The first-order chi connectivity index (χ1) is 8.08. The molecule has 1 aromatic heterocycles. The summed E-state index contributed by atoms with van der Waals surface area (Å²) >= 11 is 16.4. The fraction of sp³-hybridized carbons (Fsp3) is 0. The smallest absolute Gasteiger partial charge is 0.149 e. The number of halogens is 4. The van der Waals surface area contributed by atoms with Gasteiger partial charge in [0.05, 0.1) is 10.7 Å². The van der Waals surface area contributed by atoms with Crippen molar-refractivity contribution in [2.75, 3.05) is 5.32 Å². The number of hydrogen-bond acceptors (Lipinski definition) is 2. The Bertz CT molecular complexity index is 540. The van der Waals surface area contributed by atoms with Crippen LogP contribution in [-0.4, -0.2) is 4.98 Å². The minimum Gasteiger partial charge on any atom is -0.337 e. The van der Waals surface area contributed by atoms with Crippen molar-refractivity contribution in [3.05, 3.63) is 48.9 Å². The van der Waals surface area contributed by atoms with Crippen LogP contribution in [0.1, 0.15) is 0 Å². The normalized spacial score (nSPS) is 10.4. The lowest BCUT2D eigenvalue weighted by molar-refractivity contribution is 1.29. The second-order valence-corrected chi connectivity index (χ2v) is 6.24. The number of para-hydroxylation sites is 1. The summed E-state index contributed by atoms with van der Waals surface area (Å²) < 4.78 is 2.72. The minimum atomic E-state index is 0.557. The van der Waals surface area contributed by atoms with Crippen LogP contribution in [-0.2, 0) is 0 Å². The molecule has 0 aliphatic rings. The maximum absolute atomic E-state index is 6.10. The van der Waals surface area contributed by atoms with Gasteiger partial charge in [-0.15, -0.1) is 0 Å². The number of anilines is 2. The van der Waals surface area contributed by atoms with Crippen molar-refractivity contribution in [3.63, 3.8) is 0 Å². The van der Waals surface area contributed by atoms with Crippen LogP contribution in [0.3, 0.4) is 0 Å². The van der Waals surface area contributed by atoms with Crippen LogP contribution in [0, 0.1) is 0 Å². The van der Waals surface area contributed by atoms with Crippen molar-refractivity contribution in [2.24, 2.45) is 0 Å². The SMILES string of the molecule is Clc1cc(Br)cnc1Nc1c(Br)cccc1Br. The quantitative estimate of drug-likeness (QED) is 0.641. The first-order valence-corrected chi connectivity index (χ1v) is 7.35. The maximum Gasteiger partial charge on any atom is 0.149 e. The number of nitrogens with zero attached hydrogens (tertiary/aromatic N) is 1. The molecule has 0 unspecified atom stereocenters. The molecule has 0 atom stereocenters. The van der Waals surface area contributed by atoms with Crippen molar-refractivity contribution >= 4 is 70.9 Å².